The Kier molecular flexibility index (Phi) is 3.25. The maximum absolute atomic E-state index is 11.6. The lowest BCUT2D eigenvalue weighted by molar-refractivity contribution is -0.123. The van der Waals surface area contributed by atoms with Gasteiger partial charge in [-0.25, -0.2) is 0 Å². The normalized spacial score (nSPS) is 24.9. The van der Waals surface area contributed by atoms with Gasteiger partial charge in [0.15, 0.2) is 0 Å². The first-order chi connectivity index (χ1) is 7.66. The zero-order valence-electron chi connectivity index (χ0n) is 9.39. The molecule has 1 amide bonds. The molecule has 3 unspecified atom stereocenters. The number of carbonyl (C=O) groups excluding carboxylic acids is 1. The summed E-state index contributed by atoms with van der Waals surface area (Å²) >= 11 is 0. The second-order valence-electron chi connectivity index (χ2n) is 4.52. The fourth-order valence-corrected chi connectivity index (χ4v) is 1.76. The van der Waals surface area contributed by atoms with Crippen molar-refractivity contribution in [3.05, 3.63) is 35.9 Å². The number of hydrogen-bond donors (Lipinski definition) is 2. The van der Waals surface area contributed by atoms with Gasteiger partial charge in [-0.3, -0.25) is 4.79 Å². The second-order valence-corrected chi connectivity index (χ2v) is 4.52. The molecule has 1 aromatic carbocycles. The van der Waals surface area contributed by atoms with Crippen LogP contribution < -0.4 is 5.32 Å². The molecule has 0 spiro atoms. The molecular formula is C13H17NO2. The molecule has 1 aliphatic rings. The van der Waals surface area contributed by atoms with E-state index in [0.717, 1.165) is 12.0 Å². The van der Waals surface area contributed by atoms with Crippen molar-refractivity contribution in [1.29, 1.82) is 0 Å². The fraction of sp³-hybridized carbons (Fsp3) is 0.462. The lowest BCUT2D eigenvalue weighted by Crippen LogP contribution is -2.27. The van der Waals surface area contributed by atoms with Crippen LogP contribution in [0.4, 0.5) is 0 Å². The Bertz CT molecular complexity index is 363. The van der Waals surface area contributed by atoms with E-state index >= 15 is 0 Å². The zero-order valence-corrected chi connectivity index (χ0v) is 9.39. The molecule has 1 saturated carbocycles. The molecule has 3 nitrogen and oxygen atoms in total. The molecule has 1 fully saturated rings. The number of benzene rings is 1. The summed E-state index contributed by atoms with van der Waals surface area (Å²) in [5.74, 6) is 0.531. The van der Waals surface area contributed by atoms with E-state index < -0.39 is 6.10 Å². The maximum atomic E-state index is 11.6. The van der Waals surface area contributed by atoms with Gasteiger partial charge >= 0.3 is 0 Å². The van der Waals surface area contributed by atoms with E-state index in [-0.39, 0.29) is 12.3 Å². The molecule has 2 N–H and O–H groups in total. The standard InChI is InChI=1S/C13H17NO2/c1-9-7-11(9)14-13(16)8-12(15)10-5-3-2-4-6-10/h2-6,9,11-12,15H,7-8H2,1H3,(H,14,16). The molecule has 86 valence electrons. The summed E-state index contributed by atoms with van der Waals surface area (Å²) in [6.07, 6.45) is 0.510. The van der Waals surface area contributed by atoms with Crippen LogP contribution in [0.1, 0.15) is 31.4 Å². The molecule has 0 bridgehead atoms. The van der Waals surface area contributed by atoms with Gasteiger partial charge in [-0.1, -0.05) is 37.3 Å². The number of hydrogen-bond acceptors (Lipinski definition) is 2. The Morgan fingerprint density at radius 3 is 2.69 bits per heavy atom. The smallest absolute Gasteiger partial charge is 0.223 e. The largest absolute Gasteiger partial charge is 0.388 e. The van der Waals surface area contributed by atoms with Crippen LogP contribution in [0.2, 0.25) is 0 Å². The van der Waals surface area contributed by atoms with Crippen molar-refractivity contribution in [1.82, 2.24) is 5.32 Å². The van der Waals surface area contributed by atoms with E-state index in [4.69, 9.17) is 0 Å². The van der Waals surface area contributed by atoms with Crippen LogP contribution in [0.25, 0.3) is 0 Å². The minimum atomic E-state index is -0.699. The molecule has 0 heterocycles. The van der Waals surface area contributed by atoms with Crippen LogP contribution in [-0.2, 0) is 4.79 Å². The van der Waals surface area contributed by atoms with Crippen molar-refractivity contribution in [3.63, 3.8) is 0 Å². The number of aliphatic hydroxyl groups excluding tert-OH is 1. The van der Waals surface area contributed by atoms with Gasteiger partial charge in [-0.2, -0.15) is 0 Å². The summed E-state index contributed by atoms with van der Waals surface area (Å²) in [6.45, 7) is 2.11. The van der Waals surface area contributed by atoms with Gasteiger partial charge in [0, 0.05) is 6.04 Å². The van der Waals surface area contributed by atoms with Crippen molar-refractivity contribution in [2.24, 2.45) is 5.92 Å². The van der Waals surface area contributed by atoms with E-state index in [2.05, 4.69) is 12.2 Å². The number of amides is 1. The van der Waals surface area contributed by atoms with Crippen LogP contribution in [0, 0.1) is 5.92 Å². The molecule has 3 heteroatoms. The predicted octanol–water partition coefficient (Wildman–Crippen LogP) is 1.63. The minimum Gasteiger partial charge on any atom is -0.388 e. The van der Waals surface area contributed by atoms with E-state index in [0.29, 0.717) is 12.0 Å². The molecule has 1 aliphatic carbocycles. The van der Waals surface area contributed by atoms with E-state index in [1.807, 2.05) is 30.3 Å². The zero-order chi connectivity index (χ0) is 11.5. The van der Waals surface area contributed by atoms with Gasteiger partial charge in [0.25, 0.3) is 0 Å². The molecule has 1 aromatic rings. The average molecular weight is 219 g/mol. The summed E-state index contributed by atoms with van der Waals surface area (Å²) in [4.78, 5) is 11.6. The lowest BCUT2D eigenvalue weighted by Gasteiger charge is -2.10. The molecular weight excluding hydrogens is 202 g/mol. The SMILES string of the molecule is CC1CC1NC(=O)CC(O)c1ccccc1. The first kappa shape index (κ1) is 11.1. The van der Waals surface area contributed by atoms with Gasteiger partial charge < -0.3 is 10.4 Å². The summed E-state index contributed by atoms with van der Waals surface area (Å²) in [7, 11) is 0. The summed E-state index contributed by atoms with van der Waals surface area (Å²) < 4.78 is 0. The van der Waals surface area contributed by atoms with E-state index in [1.54, 1.807) is 0 Å². The van der Waals surface area contributed by atoms with Crippen molar-refractivity contribution in [2.45, 2.75) is 31.9 Å². The van der Waals surface area contributed by atoms with Gasteiger partial charge in [0.1, 0.15) is 0 Å². The topological polar surface area (TPSA) is 49.3 Å². The lowest BCUT2D eigenvalue weighted by atomic mass is 10.1. The molecule has 2 rings (SSSR count). The summed E-state index contributed by atoms with van der Waals surface area (Å²) in [5.41, 5.74) is 0.793. The van der Waals surface area contributed by atoms with Crippen molar-refractivity contribution >= 4 is 5.91 Å². The highest BCUT2D eigenvalue weighted by atomic mass is 16.3. The van der Waals surface area contributed by atoms with Crippen LogP contribution in [0.3, 0.4) is 0 Å². The van der Waals surface area contributed by atoms with Crippen molar-refractivity contribution in [3.8, 4) is 0 Å². The Morgan fingerprint density at radius 2 is 2.12 bits per heavy atom. The minimum absolute atomic E-state index is 0.0642. The Morgan fingerprint density at radius 1 is 1.50 bits per heavy atom. The number of aliphatic hydroxyl groups is 1. The highest BCUT2D eigenvalue weighted by Gasteiger charge is 2.33. The molecule has 16 heavy (non-hydrogen) atoms. The first-order valence-corrected chi connectivity index (χ1v) is 5.69. The molecule has 0 aliphatic heterocycles. The molecule has 0 aromatic heterocycles. The molecule has 3 atom stereocenters. The third kappa shape index (κ3) is 2.83. The van der Waals surface area contributed by atoms with E-state index in [9.17, 15) is 9.90 Å². The quantitative estimate of drug-likeness (QED) is 0.808. The van der Waals surface area contributed by atoms with Crippen LogP contribution >= 0.6 is 0 Å². The number of rotatable bonds is 4. The average Bonchev–Trinajstić information content (AvgIpc) is 2.95. The van der Waals surface area contributed by atoms with Gasteiger partial charge in [-0.15, -0.1) is 0 Å². The molecule has 0 saturated heterocycles. The van der Waals surface area contributed by atoms with Crippen molar-refractivity contribution < 1.29 is 9.90 Å². The molecule has 0 radical (unpaired) electrons. The summed E-state index contributed by atoms with van der Waals surface area (Å²) in [5, 5.41) is 12.7. The fourth-order valence-electron chi connectivity index (χ4n) is 1.76. The van der Waals surface area contributed by atoms with Crippen LogP contribution in [0.5, 0.6) is 0 Å². The predicted molar refractivity (Wildman–Crippen MR) is 61.7 cm³/mol. The van der Waals surface area contributed by atoms with E-state index in [1.165, 1.54) is 0 Å². The third-order valence-corrected chi connectivity index (χ3v) is 3.02. The highest BCUT2D eigenvalue weighted by Crippen LogP contribution is 2.29. The van der Waals surface area contributed by atoms with Gasteiger partial charge in [0.05, 0.1) is 12.5 Å². The van der Waals surface area contributed by atoms with Crippen molar-refractivity contribution in [2.75, 3.05) is 0 Å². The maximum Gasteiger partial charge on any atom is 0.223 e. The third-order valence-electron chi connectivity index (χ3n) is 3.02. The number of carbonyl (C=O) groups is 1. The van der Waals surface area contributed by atoms with Crippen LogP contribution in [-0.4, -0.2) is 17.1 Å². The first-order valence-electron chi connectivity index (χ1n) is 5.69. The Hall–Kier alpha value is -1.35. The Balaban J connectivity index is 1.82. The van der Waals surface area contributed by atoms with Gasteiger partial charge in [-0.05, 0) is 17.9 Å². The monoisotopic (exact) mass is 219 g/mol. The van der Waals surface area contributed by atoms with Crippen LogP contribution in [0.15, 0.2) is 30.3 Å². The Labute approximate surface area is 95.5 Å². The number of nitrogens with one attached hydrogen (secondary N) is 1. The van der Waals surface area contributed by atoms with Gasteiger partial charge in [0.2, 0.25) is 5.91 Å². The second kappa shape index (κ2) is 4.66. The summed E-state index contributed by atoms with van der Waals surface area (Å²) in [6, 6.07) is 9.60. The highest BCUT2D eigenvalue weighted by molar-refractivity contribution is 5.77.